The minimum absolute atomic E-state index is 0.0464. The molecule has 1 aliphatic heterocycles. The van der Waals surface area contributed by atoms with E-state index in [1.165, 1.54) is 11.3 Å². The lowest BCUT2D eigenvalue weighted by Crippen LogP contribution is -2.57. The first-order chi connectivity index (χ1) is 9.56. The minimum atomic E-state index is -0.716. The Kier molecular flexibility index (Phi) is 4.37. The lowest BCUT2D eigenvalue weighted by Gasteiger charge is -2.45. The number of aliphatic hydroxyl groups is 1. The van der Waals surface area contributed by atoms with Crippen LogP contribution >= 0.6 is 11.3 Å². The smallest absolute Gasteiger partial charge is 0.137 e. The van der Waals surface area contributed by atoms with Crippen LogP contribution in [0.25, 0.3) is 0 Å². The first-order valence-electron chi connectivity index (χ1n) is 7.34. The third kappa shape index (κ3) is 3.74. The van der Waals surface area contributed by atoms with E-state index in [9.17, 15) is 5.11 Å². The van der Waals surface area contributed by atoms with Crippen molar-refractivity contribution in [2.45, 2.75) is 57.7 Å². The van der Waals surface area contributed by atoms with Gasteiger partial charge in [-0.05, 0) is 41.0 Å². The zero-order valence-corrected chi connectivity index (χ0v) is 14.4. The van der Waals surface area contributed by atoms with Crippen LogP contribution in [-0.2, 0) is 10.3 Å². The molecule has 120 valence electrons. The first kappa shape index (κ1) is 16.7. The minimum Gasteiger partial charge on any atom is -0.396 e. The van der Waals surface area contributed by atoms with Gasteiger partial charge in [-0.15, -0.1) is 11.3 Å². The summed E-state index contributed by atoms with van der Waals surface area (Å²) >= 11 is 1.53. The Hall–Kier alpha value is -0.690. The summed E-state index contributed by atoms with van der Waals surface area (Å²) in [6, 6.07) is 0. The third-order valence-electron chi connectivity index (χ3n) is 3.79. The van der Waals surface area contributed by atoms with E-state index in [0.29, 0.717) is 6.61 Å². The summed E-state index contributed by atoms with van der Waals surface area (Å²) in [5, 5.41) is 15.9. The van der Waals surface area contributed by atoms with Gasteiger partial charge < -0.3 is 20.9 Å². The molecule has 0 spiro atoms. The quantitative estimate of drug-likeness (QED) is 0.798. The molecule has 1 fully saturated rings. The molecule has 0 amide bonds. The van der Waals surface area contributed by atoms with Crippen molar-refractivity contribution in [3.63, 3.8) is 0 Å². The summed E-state index contributed by atoms with van der Waals surface area (Å²) in [6.07, 6.45) is 0.724. The van der Waals surface area contributed by atoms with Crippen molar-refractivity contribution >= 4 is 17.2 Å². The fourth-order valence-corrected chi connectivity index (χ4v) is 3.59. The number of hydrogen-bond donors (Lipinski definition) is 3. The van der Waals surface area contributed by atoms with Crippen LogP contribution in [0.4, 0.5) is 5.82 Å². The van der Waals surface area contributed by atoms with Gasteiger partial charge >= 0.3 is 0 Å². The van der Waals surface area contributed by atoms with Crippen LogP contribution in [0.15, 0.2) is 5.38 Å². The molecular formula is C15H27N3O2S. The second-order valence-electron chi connectivity index (χ2n) is 7.59. The highest BCUT2D eigenvalue weighted by molar-refractivity contribution is 7.10. The number of rotatable bonds is 3. The Morgan fingerprint density at radius 1 is 1.52 bits per heavy atom. The highest BCUT2D eigenvalue weighted by atomic mass is 32.1. The molecule has 0 radical (unpaired) electrons. The molecule has 0 bridgehead atoms. The van der Waals surface area contributed by atoms with Crippen LogP contribution in [0.3, 0.4) is 0 Å². The lowest BCUT2D eigenvalue weighted by molar-refractivity contribution is -0.124. The molecule has 1 aliphatic rings. The van der Waals surface area contributed by atoms with E-state index in [1.807, 2.05) is 19.2 Å². The predicted octanol–water partition coefficient (Wildman–Crippen LogP) is 2.31. The van der Waals surface area contributed by atoms with Gasteiger partial charge in [0.15, 0.2) is 0 Å². The number of anilines is 1. The number of ether oxygens (including phenoxy) is 1. The second kappa shape index (κ2) is 5.50. The molecule has 5 nitrogen and oxygen atoms in total. The summed E-state index contributed by atoms with van der Waals surface area (Å²) in [5.74, 6) is 0.781. The molecule has 4 N–H and O–H groups in total. The number of nitrogens with zero attached hydrogens (tertiary/aromatic N) is 1. The van der Waals surface area contributed by atoms with Gasteiger partial charge in [-0.1, -0.05) is 0 Å². The van der Waals surface area contributed by atoms with E-state index >= 15 is 0 Å². The fraction of sp³-hybridized carbons (Fsp3) is 0.800. The molecule has 1 saturated heterocycles. The molecule has 0 aliphatic carbocycles. The number of nitrogens with one attached hydrogen (secondary N) is 1. The molecule has 2 heterocycles. The van der Waals surface area contributed by atoms with Gasteiger partial charge in [-0.25, -0.2) is 4.98 Å². The van der Waals surface area contributed by atoms with Crippen LogP contribution in [0, 0.1) is 5.92 Å². The van der Waals surface area contributed by atoms with Crippen LogP contribution in [0.1, 0.15) is 46.0 Å². The summed E-state index contributed by atoms with van der Waals surface area (Å²) in [5.41, 5.74) is 5.56. The van der Waals surface area contributed by atoms with Gasteiger partial charge in [-0.3, -0.25) is 0 Å². The first-order valence-corrected chi connectivity index (χ1v) is 8.22. The van der Waals surface area contributed by atoms with Crippen molar-refractivity contribution in [3.8, 4) is 0 Å². The van der Waals surface area contributed by atoms with Crippen molar-refractivity contribution < 1.29 is 9.84 Å². The monoisotopic (exact) mass is 313 g/mol. The maximum absolute atomic E-state index is 9.74. The zero-order valence-electron chi connectivity index (χ0n) is 13.6. The zero-order chi connectivity index (χ0) is 15.9. The van der Waals surface area contributed by atoms with Crippen LogP contribution < -0.4 is 11.1 Å². The van der Waals surface area contributed by atoms with Crippen LogP contribution in [-0.4, -0.2) is 34.4 Å². The Balaban J connectivity index is 2.23. The van der Waals surface area contributed by atoms with Crippen molar-refractivity contribution in [1.29, 1.82) is 0 Å². The average Bonchev–Trinajstić information content (AvgIpc) is 2.79. The highest BCUT2D eigenvalue weighted by Crippen LogP contribution is 2.41. The number of aliphatic hydroxyl groups excluding tert-OH is 1. The van der Waals surface area contributed by atoms with Gasteiger partial charge in [0.2, 0.25) is 0 Å². The number of aromatic nitrogens is 1. The molecule has 0 saturated carbocycles. The fourth-order valence-electron chi connectivity index (χ4n) is 2.66. The molecule has 21 heavy (non-hydrogen) atoms. The van der Waals surface area contributed by atoms with Crippen molar-refractivity contribution in [2.75, 3.05) is 18.5 Å². The number of nitrogens with two attached hydrogens (primary N) is 1. The maximum Gasteiger partial charge on any atom is 0.137 e. The molecule has 1 aromatic heterocycles. The van der Waals surface area contributed by atoms with Crippen molar-refractivity contribution in [1.82, 2.24) is 4.98 Å². The van der Waals surface area contributed by atoms with E-state index in [1.54, 1.807) is 0 Å². The lowest BCUT2D eigenvalue weighted by atomic mass is 9.76. The molecule has 6 heteroatoms. The summed E-state index contributed by atoms with van der Waals surface area (Å²) in [7, 11) is 0. The topological polar surface area (TPSA) is 80.4 Å². The Labute approximate surface area is 130 Å². The average molecular weight is 313 g/mol. The second-order valence-corrected chi connectivity index (χ2v) is 8.44. The number of hydrogen-bond acceptors (Lipinski definition) is 6. The van der Waals surface area contributed by atoms with Gasteiger partial charge in [0, 0.05) is 23.4 Å². The van der Waals surface area contributed by atoms with E-state index in [-0.39, 0.29) is 23.7 Å². The van der Waals surface area contributed by atoms with Gasteiger partial charge in [0.25, 0.3) is 0 Å². The summed E-state index contributed by atoms with van der Waals surface area (Å²) in [4.78, 5) is 4.63. The third-order valence-corrected chi connectivity index (χ3v) is 4.83. The normalized spacial score (nSPS) is 29.4. The van der Waals surface area contributed by atoms with Gasteiger partial charge in [0.05, 0.1) is 17.7 Å². The maximum atomic E-state index is 9.74. The van der Waals surface area contributed by atoms with E-state index in [0.717, 1.165) is 17.2 Å². The molecule has 2 rings (SSSR count). The van der Waals surface area contributed by atoms with Gasteiger partial charge in [-0.2, -0.15) is 0 Å². The molecule has 1 aromatic rings. The highest BCUT2D eigenvalue weighted by Gasteiger charge is 2.47. The van der Waals surface area contributed by atoms with Gasteiger partial charge in [0.1, 0.15) is 10.8 Å². The molecular weight excluding hydrogens is 286 g/mol. The van der Waals surface area contributed by atoms with E-state index in [2.05, 4.69) is 31.1 Å². The predicted molar refractivity (Wildman–Crippen MR) is 86.6 cm³/mol. The molecule has 2 unspecified atom stereocenters. The van der Waals surface area contributed by atoms with Crippen LogP contribution in [0.5, 0.6) is 0 Å². The molecule has 0 aromatic carbocycles. The Morgan fingerprint density at radius 3 is 2.76 bits per heavy atom. The Bertz CT molecular complexity index is 495. The van der Waals surface area contributed by atoms with Crippen molar-refractivity contribution in [3.05, 3.63) is 10.4 Å². The van der Waals surface area contributed by atoms with Crippen LogP contribution in [0.2, 0.25) is 0 Å². The Morgan fingerprint density at radius 2 is 2.19 bits per heavy atom. The standard InChI is InChI=1S/C15H27N3O2S/c1-13(2,3)18-11-8-21-12(17-11)15(16)9-20-14(4,5)6-10(15)7-19/h8,10,18-19H,6-7,9,16H2,1-5H3. The molecule has 2 atom stereocenters. The van der Waals surface area contributed by atoms with E-state index < -0.39 is 5.54 Å². The summed E-state index contributed by atoms with van der Waals surface area (Å²) < 4.78 is 5.89. The summed E-state index contributed by atoms with van der Waals surface area (Å²) in [6.45, 7) is 10.8. The largest absolute Gasteiger partial charge is 0.396 e. The number of thiazole rings is 1. The van der Waals surface area contributed by atoms with Crippen molar-refractivity contribution in [2.24, 2.45) is 11.7 Å². The van der Waals surface area contributed by atoms with E-state index in [4.69, 9.17) is 10.5 Å². The SMILES string of the molecule is CC(C)(C)Nc1csc(C2(N)COC(C)(C)CC2CO)n1.